The minimum Gasteiger partial charge on any atom is -0.497 e. The summed E-state index contributed by atoms with van der Waals surface area (Å²) in [6, 6.07) is 5.69. The van der Waals surface area contributed by atoms with E-state index in [-0.39, 0.29) is 12.5 Å². The number of aliphatic imine (C=N–C) groups is 1. The van der Waals surface area contributed by atoms with Crippen LogP contribution >= 0.6 is 0 Å². The van der Waals surface area contributed by atoms with Crippen molar-refractivity contribution in [3.05, 3.63) is 23.8 Å². The van der Waals surface area contributed by atoms with Crippen molar-refractivity contribution in [1.82, 2.24) is 15.5 Å². The largest absolute Gasteiger partial charge is 0.497 e. The summed E-state index contributed by atoms with van der Waals surface area (Å²) in [6.07, 6.45) is 6.44. The first kappa shape index (κ1) is 21.9. The van der Waals surface area contributed by atoms with Crippen molar-refractivity contribution in [2.75, 3.05) is 41.4 Å². The molecule has 2 N–H and O–H groups in total. The lowest BCUT2D eigenvalue weighted by Gasteiger charge is -2.23. The van der Waals surface area contributed by atoms with Gasteiger partial charge in [0.05, 0.1) is 27.3 Å². The molecule has 1 aromatic rings. The van der Waals surface area contributed by atoms with E-state index >= 15 is 0 Å². The third kappa shape index (κ3) is 6.94. The number of methoxy groups -OCH3 is 2. The van der Waals surface area contributed by atoms with Crippen LogP contribution in [0.15, 0.2) is 23.2 Å². The fourth-order valence-electron chi connectivity index (χ4n) is 3.27. The maximum atomic E-state index is 11.9. The third-order valence-electron chi connectivity index (χ3n) is 5.09. The van der Waals surface area contributed by atoms with Crippen LogP contribution in [0.25, 0.3) is 0 Å². The number of carbonyl (C=O) groups is 1. The quantitative estimate of drug-likeness (QED) is 0.527. The number of carbonyl (C=O) groups excluding carboxylic acids is 1. The lowest BCUT2D eigenvalue weighted by molar-refractivity contribution is -0.127. The molecule has 156 valence electrons. The van der Waals surface area contributed by atoms with Gasteiger partial charge in [0.25, 0.3) is 0 Å². The molecule has 0 saturated heterocycles. The van der Waals surface area contributed by atoms with E-state index in [1.165, 1.54) is 32.1 Å². The Morgan fingerprint density at radius 2 is 1.89 bits per heavy atom. The van der Waals surface area contributed by atoms with Crippen LogP contribution in [0.5, 0.6) is 11.5 Å². The maximum Gasteiger partial charge on any atom is 0.241 e. The molecule has 0 aliphatic heterocycles. The van der Waals surface area contributed by atoms with E-state index in [1.54, 1.807) is 33.2 Å². The normalized spacial score (nSPS) is 15.1. The van der Waals surface area contributed by atoms with Crippen LogP contribution in [0.3, 0.4) is 0 Å². The van der Waals surface area contributed by atoms with Gasteiger partial charge in [-0.3, -0.25) is 4.79 Å². The van der Waals surface area contributed by atoms with Gasteiger partial charge in [-0.1, -0.05) is 19.3 Å². The summed E-state index contributed by atoms with van der Waals surface area (Å²) in [4.78, 5) is 18.2. The van der Waals surface area contributed by atoms with Crippen molar-refractivity contribution in [2.24, 2.45) is 10.9 Å². The molecule has 0 bridgehead atoms. The van der Waals surface area contributed by atoms with Gasteiger partial charge in [-0.2, -0.15) is 0 Å². The van der Waals surface area contributed by atoms with E-state index in [0.717, 1.165) is 23.6 Å². The van der Waals surface area contributed by atoms with Crippen LogP contribution in [0.1, 0.15) is 37.7 Å². The molecule has 28 heavy (non-hydrogen) atoms. The number of hydrogen-bond acceptors (Lipinski definition) is 4. The predicted molar refractivity (Wildman–Crippen MR) is 112 cm³/mol. The standard InChI is InChI=1S/C21H34N4O3/c1-25(2)20(26)15-24-21(22-13-16-8-6-5-7-9-16)23-14-17-10-11-18(27-3)12-19(17)28-4/h10-12,16H,5-9,13-15H2,1-4H3,(H2,22,23,24). The van der Waals surface area contributed by atoms with E-state index in [0.29, 0.717) is 18.4 Å². The van der Waals surface area contributed by atoms with Gasteiger partial charge in [0.1, 0.15) is 11.5 Å². The van der Waals surface area contributed by atoms with Gasteiger partial charge in [0, 0.05) is 32.3 Å². The van der Waals surface area contributed by atoms with Crippen LogP contribution in [0.4, 0.5) is 0 Å². The molecule has 0 unspecified atom stereocenters. The molecule has 0 atom stereocenters. The Labute approximate surface area is 168 Å². The Morgan fingerprint density at radius 3 is 2.54 bits per heavy atom. The number of rotatable bonds is 8. The Balaban J connectivity index is 2.04. The molecule has 1 aliphatic carbocycles. The molecule has 1 aromatic carbocycles. The highest BCUT2D eigenvalue weighted by molar-refractivity contribution is 5.86. The lowest BCUT2D eigenvalue weighted by Crippen LogP contribution is -2.44. The zero-order chi connectivity index (χ0) is 20.4. The first-order valence-electron chi connectivity index (χ1n) is 9.96. The van der Waals surface area contributed by atoms with Crippen molar-refractivity contribution < 1.29 is 14.3 Å². The van der Waals surface area contributed by atoms with E-state index < -0.39 is 0 Å². The van der Waals surface area contributed by atoms with Gasteiger partial charge in [-0.05, 0) is 30.9 Å². The van der Waals surface area contributed by atoms with Crippen molar-refractivity contribution in [1.29, 1.82) is 0 Å². The predicted octanol–water partition coefficient (Wildman–Crippen LogP) is 2.41. The molecule has 1 fully saturated rings. The minimum absolute atomic E-state index is 0.00851. The van der Waals surface area contributed by atoms with Gasteiger partial charge >= 0.3 is 0 Å². The average molecular weight is 391 g/mol. The van der Waals surface area contributed by atoms with Crippen molar-refractivity contribution in [3.8, 4) is 11.5 Å². The molecule has 0 aromatic heterocycles. The summed E-state index contributed by atoms with van der Waals surface area (Å²) in [5.74, 6) is 2.81. The number of likely N-dealkylation sites (N-methyl/N-ethyl adjacent to an activating group) is 1. The highest BCUT2D eigenvalue weighted by Crippen LogP contribution is 2.25. The zero-order valence-corrected chi connectivity index (χ0v) is 17.6. The number of amides is 1. The second-order valence-corrected chi connectivity index (χ2v) is 7.37. The summed E-state index contributed by atoms with van der Waals surface area (Å²) in [5.41, 5.74) is 0.959. The van der Waals surface area contributed by atoms with Crippen LogP contribution in [-0.4, -0.2) is 58.2 Å². The van der Waals surface area contributed by atoms with Gasteiger partial charge in [0.15, 0.2) is 5.96 Å². The fraction of sp³-hybridized carbons (Fsp3) is 0.619. The Bertz CT molecular complexity index is 655. The molecule has 7 heteroatoms. The number of benzene rings is 1. The second-order valence-electron chi connectivity index (χ2n) is 7.37. The Hall–Kier alpha value is -2.44. The number of hydrogen-bond donors (Lipinski definition) is 2. The van der Waals surface area contributed by atoms with Crippen LogP contribution in [0.2, 0.25) is 0 Å². The van der Waals surface area contributed by atoms with Gasteiger partial charge < -0.3 is 25.0 Å². The summed E-state index contributed by atoms with van der Waals surface area (Å²) >= 11 is 0. The zero-order valence-electron chi connectivity index (χ0n) is 17.6. The Morgan fingerprint density at radius 1 is 1.14 bits per heavy atom. The van der Waals surface area contributed by atoms with Gasteiger partial charge in [-0.25, -0.2) is 4.99 Å². The number of ether oxygens (including phenoxy) is 2. The molecule has 0 heterocycles. The first-order chi connectivity index (χ1) is 13.5. The van der Waals surface area contributed by atoms with E-state index in [9.17, 15) is 4.79 Å². The summed E-state index contributed by atoms with van der Waals surface area (Å²) in [5, 5.41) is 6.57. The topological polar surface area (TPSA) is 75.2 Å². The second kappa shape index (κ2) is 11.4. The average Bonchev–Trinajstić information content (AvgIpc) is 2.73. The molecule has 0 spiro atoms. The van der Waals surface area contributed by atoms with Crippen LogP contribution in [0, 0.1) is 5.92 Å². The van der Waals surface area contributed by atoms with Crippen molar-refractivity contribution >= 4 is 11.9 Å². The molecule has 1 amide bonds. The molecule has 7 nitrogen and oxygen atoms in total. The fourth-order valence-corrected chi connectivity index (χ4v) is 3.27. The monoisotopic (exact) mass is 390 g/mol. The highest BCUT2D eigenvalue weighted by Gasteiger charge is 2.14. The summed E-state index contributed by atoms with van der Waals surface area (Å²) < 4.78 is 10.7. The first-order valence-corrected chi connectivity index (χ1v) is 9.96. The maximum absolute atomic E-state index is 11.9. The molecule has 1 saturated carbocycles. The number of guanidine groups is 1. The van der Waals surface area contributed by atoms with Gasteiger partial charge in [0.2, 0.25) is 5.91 Å². The highest BCUT2D eigenvalue weighted by atomic mass is 16.5. The third-order valence-corrected chi connectivity index (χ3v) is 5.09. The van der Waals surface area contributed by atoms with Crippen LogP contribution in [-0.2, 0) is 11.3 Å². The molecular formula is C21H34N4O3. The molecule has 0 radical (unpaired) electrons. The van der Waals surface area contributed by atoms with Gasteiger partial charge in [-0.15, -0.1) is 0 Å². The molecule has 2 rings (SSSR count). The summed E-state index contributed by atoms with van der Waals surface area (Å²) in [6.45, 7) is 1.54. The van der Waals surface area contributed by atoms with E-state index in [2.05, 4.69) is 15.6 Å². The van der Waals surface area contributed by atoms with E-state index in [1.807, 2.05) is 18.2 Å². The van der Waals surface area contributed by atoms with Crippen molar-refractivity contribution in [3.63, 3.8) is 0 Å². The SMILES string of the molecule is COc1ccc(CN=C(NCC(=O)N(C)C)NCC2CCCCC2)c(OC)c1. The number of nitrogens with zero attached hydrogens (tertiary/aromatic N) is 2. The lowest BCUT2D eigenvalue weighted by atomic mass is 9.89. The van der Waals surface area contributed by atoms with Crippen LogP contribution < -0.4 is 20.1 Å². The molecular weight excluding hydrogens is 356 g/mol. The van der Waals surface area contributed by atoms with Crippen molar-refractivity contribution in [2.45, 2.75) is 38.6 Å². The summed E-state index contributed by atoms with van der Waals surface area (Å²) in [7, 11) is 6.76. The number of nitrogens with one attached hydrogen (secondary N) is 2. The minimum atomic E-state index is 0.00851. The molecule has 1 aliphatic rings. The Kier molecular flexibility index (Phi) is 8.91. The smallest absolute Gasteiger partial charge is 0.241 e. The van der Waals surface area contributed by atoms with E-state index in [4.69, 9.17) is 9.47 Å².